The summed E-state index contributed by atoms with van der Waals surface area (Å²) in [6.07, 6.45) is -2.61. The van der Waals surface area contributed by atoms with Gasteiger partial charge in [0.25, 0.3) is 5.56 Å². The van der Waals surface area contributed by atoms with Gasteiger partial charge in [0.2, 0.25) is 0 Å². The van der Waals surface area contributed by atoms with Crippen molar-refractivity contribution in [3.8, 4) is 5.69 Å². The number of benzene rings is 2. The summed E-state index contributed by atoms with van der Waals surface area (Å²) in [5.41, 5.74) is 0.288. The molecule has 0 aliphatic rings. The van der Waals surface area contributed by atoms with Crippen LogP contribution in [0.4, 0.5) is 0 Å². The predicted octanol–water partition coefficient (Wildman–Crippen LogP) is 3.26. The Morgan fingerprint density at radius 2 is 1.95 bits per heavy atom. The van der Waals surface area contributed by atoms with Crippen LogP contribution < -0.4 is 5.56 Å². The van der Waals surface area contributed by atoms with Gasteiger partial charge in [-0.1, -0.05) is 37.2 Å². The number of rotatable bonds is 2. The minimum absolute atomic E-state index is 0.0720. The Morgan fingerprint density at radius 1 is 1.20 bits per heavy atom. The summed E-state index contributed by atoms with van der Waals surface area (Å²) in [7, 11) is 0. The first-order chi connectivity index (χ1) is 11.6. The molecule has 0 spiro atoms. The van der Waals surface area contributed by atoms with E-state index in [1.807, 2.05) is 0 Å². The van der Waals surface area contributed by atoms with Crippen molar-refractivity contribution in [1.82, 2.24) is 9.55 Å². The van der Waals surface area contributed by atoms with E-state index < -0.39 is 13.2 Å². The van der Waals surface area contributed by atoms with E-state index in [-0.39, 0.29) is 16.8 Å². The molecule has 0 aliphatic carbocycles. The maximum Gasteiger partial charge on any atom is 0.265 e. The quantitative estimate of drug-likeness (QED) is 0.715. The first-order valence-electron chi connectivity index (χ1n) is 8.73. The summed E-state index contributed by atoms with van der Waals surface area (Å²) in [4.78, 5) is 17.3. The smallest absolute Gasteiger partial charge is 0.265 e. The van der Waals surface area contributed by atoms with Crippen LogP contribution in [0.3, 0.4) is 0 Å². The van der Waals surface area contributed by atoms with Gasteiger partial charge in [0.1, 0.15) is 5.82 Å². The molecular formula is C17H16N2O. The Bertz CT molecular complexity index is 1010. The van der Waals surface area contributed by atoms with Crippen LogP contribution in [-0.2, 0) is 6.37 Å². The lowest BCUT2D eigenvalue weighted by molar-refractivity contribution is 0.878. The van der Waals surface area contributed by atoms with E-state index in [0.717, 1.165) is 0 Å². The van der Waals surface area contributed by atoms with Crippen molar-refractivity contribution >= 4 is 10.9 Å². The molecule has 0 saturated carbocycles. The average Bonchev–Trinajstić information content (AvgIpc) is 2.54. The van der Waals surface area contributed by atoms with Crippen molar-refractivity contribution in [2.75, 3.05) is 0 Å². The molecule has 1 heterocycles. The summed E-state index contributed by atoms with van der Waals surface area (Å²) in [5.74, 6) is 0.359. The fourth-order valence-electron chi connectivity index (χ4n) is 2.30. The second kappa shape index (κ2) is 4.93. The van der Waals surface area contributed by atoms with Crippen LogP contribution in [0.25, 0.3) is 16.6 Å². The molecule has 0 unspecified atom stereocenters. The second-order valence-corrected chi connectivity index (χ2v) is 4.46. The van der Waals surface area contributed by atoms with Gasteiger partial charge in [0.15, 0.2) is 0 Å². The molecule has 0 atom stereocenters. The van der Waals surface area contributed by atoms with Crippen molar-refractivity contribution in [3.63, 3.8) is 0 Å². The monoisotopic (exact) mass is 269 g/mol. The second-order valence-electron chi connectivity index (χ2n) is 4.46. The summed E-state index contributed by atoms with van der Waals surface area (Å²) in [5, 5.41) is 0.386. The molecule has 3 nitrogen and oxygen atoms in total. The van der Waals surface area contributed by atoms with Gasteiger partial charge in [0.05, 0.1) is 16.6 Å². The Balaban J connectivity index is 2.37. The lowest BCUT2D eigenvalue weighted by Gasteiger charge is -2.14. The van der Waals surface area contributed by atoms with Gasteiger partial charge in [-0.15, -0.1) is 0 Å². The van der Waals surface area contributed by atoms with Crippen LogP contribution in [0, 0.1) is 6.92 Å². The third-order valence-electron chi connectivity index (χ3n) is 3.22. The minimum Gasteiger partial charge on any atom is -0.268 e. The largest absolute Gasteiger partial charge is 0.268 e. The third kappa shape index (κ3) is 1.92. The van der Waals surface area contributed by atoms with Gasteiger partial charge in [-0.3, -0.25) is 9.36 Å². The maximum absolute atomic E-state index is 12.9. The van der Waals surface area contributed by atoms with E-state index >= 15 is 0 Å². The van der Waals surface area contributed by atoms with Crippen LogP contribution in [-0.4, -0.2) is 9.55 Å². The molecule has 0 aliphatic heterocycles. The van der Waals surface area contributed by atoms with Crippen molar-refractivity contribution < 1.29 is 6.85 Å². The zero-order valence-corrected chi connectivity index (χ0v) is 10.9. The SMILES string of the molecule is [2H]C([2H])([2H])C([2H])([2H])c1ccccc1-n1c(C)nc2ccccc2c1=O. The summed E-state index contributed by atoms with van der Waals surface area (Å²) in [6, 6.07) is 13.0. The van der Waals surface area contributed by atoms with E-state index in [4.69, 9.17) is 6.85 Å². The van der Waals surface area contributed by atoms with Crippen LogP contribution in [0.15, 0.2) is 53.3 Å². The number of fused-ring (bicyclic) bond motifs is 1. The molecule has 2 aromatic carbocycles. The highest BCUT2D eigenvalue weighted by Gasteiger charge is 2.11. The third-order valence-corrected chi connectivity index (χ3v) is 3.22. The number of nitrogens with zero attached hydrogens (tertiary/aromatic N) is 2. The summed E-state index contributed by atoms with van der Waals surface area (Å²) in [6.45, 7) is -1.24. The Kier molecular flexibility index (Phi) is 1.97. The average molecular weight is 269 g/mol. The van der Waals surface area contributed by atoms with Gasteiger partial charge in [0, 0.05) is 6.85 Å². The molecule has 0 radical (unpaired) electrons. The lowest BCUT2D eigenvalue weighted by atomic mass is 10.1. The van der Waals surface area contributed by atoms with Gasteiger partial charge in [-0.25, -0.2) is 4.98 Å². The highest BCUT2D eigenvalue weighted by molar-refractivity contribution is 5.77. The first kappa shape index (κ1) is 8.00. The van der Waals surface area contributed by atoms with E-state index in [1.165, 1.54) is 16.7 Å². The number of hydrogen-bond acceptors (Lipinski definition) is 2. The fraction of sp³-hybridized carbons (Fsp3) is 0.176. The normalized spacial score (nSPS) is 15.9. The standard InChI is InChI=1S/C17H16N2O/c1-3-13-8-4-7-11-16(13)19-12(2)18-15-10-6-5-9-14(15)17(19)20/h4-11H,3H2,1-2H3/i1D3,3D2. The van der Waals surface area contributed by atoms with Crippen molar-refractivity contribution in [3.05, 3.63) is 70.3 Å². The molecule has 0 bridgehead atoms. The number of hydrogen-bond donors (Lipinski definition) is 0. The number of aryl methyl sites for hydroxylation is 2. The molecule has 0 fully saturated rings. The predicted molar refractivity (Wildman–Crippen MR) is 81.5 cm³/mol. The van der Waals surface area contributed by atoms with E-state index in [9.17, 15) is 4.79 Å². The Morgan fingerprint density at radius 3 is 2.80 bits per heavy atom. The minimum atomic E-state index is -2.87. The maximum atomic E-state index is 12.9. The molecular weight excluding hydrogens is 248 g/mol. The molecule has 1 aromatic heterocycles. The highest BCUT2D eigenvalue weighted by Crippen LogP contribution is 2.16. The van der Waals surface area contributed by atoms with Gasteiger partial charge >= 0.3 is 0 Å². The zero-order valence-electron chi connectivity index (χ0n) is 15.9. The lowest BCUT2D eigenvalue weighted by Crippen LogP contribution is -2.23. The van der Waals surface area contributed by atoms with Crippen LogP contribution in [0.5, 0.6) is 0 Å². The fourth-order valence-corrected chi connectivity index (χ4v) is 2.30. The Labute approximate surface area is 124 Å². The zero-order chi connectivity index (χ0) is 18.4. The molecule has 0 saturated heterocycles. The van der Waals surface area contributed by atoms with E-state index in [0.29, 0.717) is 16.7 Å². The van der Waals surface area contributed by atoms with Gasteiger partial charge < -0.3 is 0 Å². The molecule has 0 N–H and O–H groups in total. The van der Waals surface area contributed by atoms with Gasteiger partial charge in [-0.05, 0) is 37.1 Å². The molecule has 20 heavy (non-hydrogen) atoms. The van der Waals surface area contributed by atoms with Crippen LogP contribution in [0.2, 0.25) is 0 Å². The van der Waals surface area contributed by atoms with E-state index in [2.05, 4.69) is 4.98 Å². The molecule has 0 amide bonds. The van der Waals surface area contributed by atoms with Crippen molar-refractivity contribution in [1.29, 1.82) is 0 Å². The van der Waals surface area contributed by atoms with Gasteiger partial charge in [-0.2, -0.15) is 0 Å². The van der Waals surface area contributed by atoms with E-state index in [1.54, 1.807) is 43.3 Å². The van der Waals surface area contributed by atoms with Crippen molar-refractivity contribution in [2.24, 2.45) is 0 Å². The first-order valence-corrected chi connectivity index (χ1v) is 6.23. The summed E-state index contributed by atoms with van der Waals surface area (Å²) >= 11 is 0. The van der Waals surface area contributed by atoms with Crippen LogP contribution in [0.1, 0.15) is 25.1 Å². The highest BCUT2D eigenvalue weighted by atomic mass is 16.1. The molecule has 3 aromatic rings. The summed E-state index contributed by atoms with van der Waals surface area (Å²) < 4.78 is 40.0. The number of para-hydroxylation sites is 2. The number of aromatic nitrogens is 2. The molecule has 3 heteroatoms. The topological polar surface area (TPSA) is 34.9 Å². The molecule has 100 valence electrons. The Hall–Kier alpha value is -2.42. The molecule has 3 rings (SSSR count). The van der Waals surface area contributed by atoms with Crippen LogP contribution >= 0.6 is 0 Å². The van der Waals surface area contributed by atoms with Crippen molar-refractivity contribution in [2.45, 2.75) is 20.1 Å².